The van der Waals surface area contributed by atoms with Crippen molar-refractivity contribution < 1.29 is 9.53 Å². The molecule has 4 N–H and O–H groups in total. The molecule has 0 unspecified atom stereocenters. The molecule has 6 nitrogen and oxygen atoms in total. The second-order valence-corrected chi connectivity index (χ2v) is 4.27. The Kier molecular flexibility index (Phi) is 6.93. The molecular formula is C14H20N4O2. The number of hydrogen-bond acceptors (Lipinski definition) is 5. The van der Waals surface area contributed by atoms with E-state index in [9.17, 15) is 4.79 Å². The number of benzene rings is 1. The quantitative estimate of drug-likeness (QED) is 0.484. The summed E-state index contributed by atoms with van der Waals surface area (Å²) in [5.74, 6) is -0.0257. The zero-order valence-electron chi connectivity index (χ0n) is 11.6. The first-order valence-corrected chi connectivity index (χ1v) is 6.42. The Labute approximate surface area is 118 Å². The molecule has 0 aliphatic carbocycles. The van der Waals surface area contributed by atoms with Gasteiger partial charge in [-0.3, -0.25) is 4.79 Å². The summed E-state index contributed by atoms with van der Waals surface area (Å²) in [5.41, 5.74) is 8.02. The van der Waals surface area contributed by atoms with Crippen molar-refractivity contribution in [3.8, 4) is 6.07 Å². The van der Waals surface area contributed by atoms with Crippen molar-refractivity contribution in [3.63, 3.8) is 0 Å². The Bertz CT molecular complexity index is 483. The molecule has 0 fully saturated rings. The average Bonchev–Trinajstić information content (AvgIpc) is 2.43. The van der Waals surface area contributed by atoms with Gasteiger partial charge in [0.15, 0.2) is 0 Å². The van der Waals surface area contributed by atoms with Gasteiger partial charge in [0.25, 0.3) is 0 Å². The monoisotopic (exact) mass is 276 g/mol. The van der Waals surface area contributed by atoms with Crippen LogP contribution in [0.3, 0.4) is 0 Å². The Morgan fingerprint density at radius 2 is 2.25 bits per heavy atom. The molecule has 0 bridgehead atoms. The summed E-state index contributed by atoms with van der Waals surface area (Å²) in [7, 11) is 1.59. The predicted octanol–water partition coefficient (Wildman–Crippen LogP) is 0.899. The number of hydrogen-bond donors (Lipinski definition) is 3. The number of nitriles is 1. The number of rotatable bonds is 8. The van der Waals surface area contributed by atoms with Gasteiger partial charge in [0.2, 0.25) is 5.91 Å². The number of amides is 1. The van der Waals surface area contributed by atoms with Crippen LogP contribution in [0.15, 0.2) is 18.2 Å². The molecule has 0 saturated heterocycles. The van der Waals surface area contributed by atoms with Crippen LogP contribution in [0.1, 0.15) is 12.0 Å². The fourth-order valence-corrected chi connectivity index (χ4v) is 1.66. The topological polar surface area (TPSA) is 100 Å². The van der Waals surface area contributed by atoms with E-state index < -0.39 is 0 Å². The van der Waals surface area contributed by atoms with Crippen molar-refractivity contribution in [2.24, 2.45) is 0 Å². The lowest BCUT2D eigenvalue weighted by Crippen LogP contribution is -2.28. The van der Waals surface area contributed by atoms with E-state index in [0.717, 1.165) is 11.3 Å². The number of carbonyl (C=O) groups excluding carboxylic acids is 1. The van der Waals surface area contributed by atoms with Crippen LogP contribution < -0.4 is 16.4 Å². The van der Waals surface area contributed by atoms with E-state index in [1.165, 1.54) is 0 Å². The summed E-state index contributed by atoms with van der Waals surface area (Å²) >= 11 is 0. The zero-order chi connectivity index (χ0) is 14.8. The Balaban J connectivity index is 2.37. The molecule has 0 atom stereocenters. The molecule has 1 amide bonds. The van der Waals surface area contributed by atoms with E-state index in [1.54, 1.807) is 13.2 Å². The highest BCUT2D eigenvalue weighted by molar-refractivity contribution is 5.76. The number of nitrogens with zero attached hydrogens (tertiary/aromatic N) is 1. The summed E-state index contributed by atoms with van der Waals surface area (Å²) in [6.07, 6.45) is 0.653. The van der Waals surface area contributed by atoms with Gasteiger partial charge in [-0.15, -0.1) is 0 Å². The van der Waals surface area contributed by atoms with Crippen molar-refractivity contribution in [3.05, 3.63) is 23.8 Å². The van der Waals surface area contributed by atoms with Crippen molar-refractivity contribution in [2.75, 3.05) is 37.9 Å². The SMILES string of the molecule is COCCNC(=O)CCNc1ccc(N)c(CC#N)c1. The molecule has 6 heteroatoms. The first-order valence-electron chi connectivity index (χ1n) is 6.42. The molecule has 0 heterocycles. The van der Waals surface area contributed by atoms with E-state index in [4.69, 9.17) is 15.7 Å². The highest BCUT2D eigenvalue weighted by atomic mass is 16.5. The van der Waals surface area contributed by atoms with Crippen LogP contribution >= 0.6 is 0 Å². The molecular weight excluding hydrogens is 256 g/mol. The summed E-state index contributed by atoms with van der Waals surface area (Å²) in [4.78, 5) is 11.5. The van der Waals surface area contributed by atoms with E-state index in [0.29, 0.717) is 31.8 Å². The minimum absolute atomic E-state index is 0.0257. The molecule has 0 aliphatic rings. The van der Waals surface area contributed by atoms with Gasteiger partial charge in [-0.25, -0.2) is 0 Å². The summed E-state index contributed by atoms with van der Waals surface area (Å²) in [6.45, 7) is 1.55. The average molecular weight is 276 g/mol. The Morgan fingerprint density at radius 1 is 1.45 bits per heavy atom. The fourth-order valence-electron chi connectivity index (χ4n) is 1.66. The van der Waals surface area contributed by atoms with E-state index in [-0.39, 0.29) is 12.3 Å². The number of nitrogens with two attached hydrogens (primary N) is 1. The maximum absolute atomic E-state index is 11.5. The molecule has 0 spiro atoms. The zero-order valence-corrected chi connectivity index (χ0v) is 11.6. The van der Waals surface area contributed by atoms with Gasteiger partial charge >= 0.3 is 0 Å². The largest absolute Gasteiger partial charge is 0.398 e. The van der Waals surface area contributed by atoms with Crippen molar-refractivity contribution in [1.82, 2.24) is 5.32 Å². The van der Waals surface area contributed by atoms with Gasteiger partial charge in [0.05, 0.1) is 19.1 Å². The van der Waals surface area contributed by atoms with Crippen LogP contribution in [0.4, 0.5) is 11.4 Å². The van der Waals surface area contributed by atoms with Gasteiger partial charge in [-0.2, -0.15) is 5.26 Å². The second kappa shape index (κ2) is 8.77. The first-order chi connectivity index (χ1) is 9.67. The van der Waals surface area contributed by atoms with Crippen molar-refractivity contribution in [1.29, 1.82) is 5.26 Å². The smallest absolute Gasteiger partial charge is 0.221 e. The third-order valence-corrected chi connectivity index (χ3v) is 2.72. The number of ether oxygens (including phenoxy) is 1. The van der Waals surface area contributed by atoms with Gasteiger partial charge in [-0.05, 0) is 23.8 Å². The lowest BCUT2D eigenvalue weighted by molar-refractivity contribution is -0.121. The number of nitrogen functional groups attached to an aromatic ring is 1. The van der Waals surface area contributed by atoms with E-state index in [2.05, 4.69) is 16.7 Å². The van der Waals surface area contributed by atoms with Crippen LogP contribution in [0, 0.1) is 11.3 Å². The van der Waals surface area contributed by atoms with Crippen LogP contribution in [-0.2, 0) is 16.0 Å². The molecule has 0 saturated carbocycles. The van der Waals surface area contributed by atoms with Crippen molar-refractivity contribution >= 4 is 17.3 Å². The van der Waals surface area contributed by atoms with Crippen LogP contribution in [0.2, 0.25) is 0 Å². The normalized spacial score (nSPS) is 9.80. The maximum Gasteiger partial charge on any atom is 0.221 e. The van der Waals surface area contributed by atoms with Gasteiger partial charge in [0, 0.05) is 38.0 Å². The molecule has 0 aromatic heterocycles. The summed E-state index contributed by atoms with van der Waals surface area (Å²) in [5, 5.41) is 14.6. The first kappa shape index (κ1) is 15.8. The lowest BCUT2D eigenvalue weighted by Gasteiger charge is -2.09. The van der Waals surface area contributed by atoms with E-state index >= 15 is 0 Å². The summed E-state index contributed by atoms with van der Waals surface area (Å²) < 4.78 is 4.84. The van der Waals surface area contributed by atoms with Gasteiger partial charge < -0.3 is 21.1 Å². The predicted molar refractivity (Wildman–Crippen MR) is 78.2 cm³/mol. The molecule has 0 radical (unpaired) electrons. The molecule has 1 rings (SSSR count). The number of nitrogens with one attached hydrogen (secondary N) is 2. The fraction of sp³-hybridized carbons (Fsp3) is 0.429. The molecule has 1 aromatic rings. The molecule has 108 valence electrons. The maximum atomic E-state index is 11.5. The molecule has 0 aliphatic heterocycles. The van der Waals surface area contributed by atoms with Gasteiger partial charge in [0.1, 0.15) is 0 Å². The minimum atomic E-state index is -0.0257. The second-order valence-electron chi connectivity index (χ2n) is 4.27. The Hall–Kier alpha value is -2.26. The summed E-state index contributed by atoms with van der Waals surface area (Å²) in [6, 6.07) is 7.50. The minimum Gasteiger partial charge on any atom is -0.398 e. The lowest BCUT2D eigenvalue weighted by atomic mass is 10.1. The van der Waals surface area contributed by atoms with Crippen LogP contribution in [-0.4, -0.2) is 32.7 Å². The number of anilines is 2. The third-order valence-electron chi connectivity index (χ3n) is 2.72. The highest BCUT2D eigenvalue weighted by Gasteiger charge is 2.03. The highest BCUT2D eigenvalue weighted by Crippen LogP contribution is 2.18. The molecule has 20 heavy (non-hydrogen) atoms. The van der Waals surface area contributed by atoms with Crippen LogP contribution in [0.25, 0.3) is 0 Å². The number of methoxy groups -OCH3 is 1. The van der Waals surface area contributed by atoms with Gasteiger partial charge in [-0.1, -0.05) is 0 Å². The van der Waals surface area contributed by atoms with Crippen molar-refractivity contribution in [2.45, 2.75) is 12.8 Å². The Morgan fingerprint density at radius 3 is 2.95 bits per heavy atom. The molecule has 1 aromatic carbocycles. The third kappa shape index (κ3) is 5.59. The number of carbonyl (C=O) groups is 1. The van der Waals surface area contributed by atoms with E-state index in [1.807, 2.05) is 12.1 Å². The standard InChI is InChI=1S/C14H20N4O2/c1-20-9-8-18-14(19)5-7-17-12-2-3-13(16)11(10-12)4-6-15/h2-3,10,17H,4-5,7-9,16H2,1H3,(H,18,19). The van der Waals surface area contributed by atoms with Crippen LogP contribution in [0.5, 0.6) is 0 Å².